The molecular formula is C9H10BrNO3S. The lowest BCUT2D eigenvalue weighted by Crippen LogP contribution is -2.33. The smallest absolute Gasteiger partial charge is 0.320 e. The maximum atomic E-state index is 11.8. The van der Waals surface area contributed by atoms with Gasteiger partial charge in [-0.15, -0.1) is 0 Å². The van der Waals surface area contributed by atoms with Gasteiger partial charge in [-0.05, 0) is 24.3 Å². The molecule has 0 saturated heterocycles. The number of nitrogens with two attached hydrogens (primary N) is 1. The Labute approximate surface area is 98.1 Å². The van der Waals surface area contributed by atoms with Crippen molar-refractivity contribution >= 4 is 32.7 Å². The molecule has 1 rings (SSSR count). The molecule has 0 amide bonds. The van der Waals surface area contributed by atoms with Gasteiger partial charge in [-0.2, -0.15) is 0 Å². The van der Waals surface area contributed by atoms with Gasteiger partial charge in [0.15, 0.2) is 0 Å². The van der Waals surface area contributed by atoms with Gasteiger partial charge in [-0.3, -0.25) is 9.00 Å². The van der Waals surface area contributed by atoms with Gasteiger partial charge in [0, 0.05) is 15.9 Å². The number of carboxylic acids is 1. The molecule has 2 unspecified atom stereocenters. The predicted octanol–water partition coefficient (Wildman–Crippen LogP) is 0.969. The highest BCUT2D eigenvalue weighted by atomic mass is 79.9. The minimum atomic E-state index is -1.60. The highest BCUT2D eigenvalue weighted by molar-refractivity contribution is 9.10. The first kappa shape index (κ1) is 12.4. The van der Waals surface area contributed by atoms with Gasteiger partial charge < -0.3 is 10.8 Å². The first-order valence-electron chi connectivity index (χ1n) is 4.15. The fraction of sp³-hybridized carbons (Fsp3) is 0.222. The lowest BCUT2D eigenvalue weighted by Gasteiger charge is -2.09. The van der Waals surface area contributed by atoms with E-state index in [1.165, 1.54) is 0 Å². The fourth-order valence-electron chi connectivity index (χ4n) is 1.01. The van der Waals surface area contributed by atoms with Crippen LogP contribution in [0.3, 0.4) is 0 Å². The van der Waals surface area contributed by atoms with Crippen molar-refractivity contribution in [1.29, 1.82) is 0 Å². The molecule has 1 aromatic carbocycles. The van der Waals surface area contributed by atoms with E-state index in [2.05, 4.69) is 15.9 Å². The Hall–Kier alpha value is -0.720. The number of carboxylic acid groups (broad SMARTS) is 1. The van der Waals surface area contributed by atoms with E-state index in [1.807, 2.05) is 0 Å². The Morgan fingerprint density at radius 3 is 2.40 bits per heavy atom. The number of carbonyl (C=O) groups is 1. The molecule has 0 saturated carbocycles. The molecule has 3 N–H and O–H groups in total. The third-order valence-corrected chi connectivity index (χ3v) is 3.97. The van der Waals surface area contributed by atoms with Crippen LogP contribution in [-0.4, -0.2) is 27.1 Å². The summed E-state index contributed by atoms with van der Waals surface area (Å²) in [5.41, 5.74) is 5.26. The normalized spacial score (nSPS) is 14.5. The average molecular weight is 292 g/mol. The SMILES string of the molecule is NCC(C(=O)O)S(=O)c1ccc(Br)cc1. The number of benzene rings is 1. The van der Waals surface area contributed by atoms with Crippen molar-refractivity contribution in [2.45, 2.75) is 10.1 Å². The van der Waals surface area contributed by atoms with Gasteiger partial charge in [0.1, 0.15) is 5.25 Å². The predicted molar refractivity (Wildman–Crippen MR) is 61.0 cm³/mol. The topological polar surface area (TPSA) is 80.4 Å². The second kappa shape index (κ2) is 5.39. The van der Waals surface area contributed by atoms with Crippen LogP contribution in [0.4, 0.5) is 0 Å². The minimum absolute atomic E-state index is 0.141. The Kier molecular flexibility index (Phi) is 4.44. The summed E-state index contributed by atoms with van der Waals surface area (Å²) in [5, 5.41) is 7.73. The van der Waals surface area contributed by atoms with Crippen LogP contribution >= 0.6 is 15.9 Å². The number of rotatable bonds is 4. The maximum absolute atomic E-state index is 11.8. The monoisotopic (exact) mass is 291 g/mol. The molecule has 0 aliphatic heterocycles. The molecule has 0 radical (unpaired) electrons. The molecule has 1 aromatic rings. The highest BCUT2D eigenvalue weighted by Crippen LogP contribution is 2.15. The summed E-state index contributed by atoms with van der Waals surface area (Å²) in [6, 6.07) is 6.66. The molecule has 82 valence electrons. The van der Waals surface area contributed by atoms with E-state index in [1.54, 1.807) is 24.3 Å². The Morgan fingerprint density at radius 1 is 1.47 bits per heavy atom. The number of hydrogen-bond donors (Lipinski definition) is 2. The summed E-state index contributed by atoms with van der Waals surface area (Å²) in [7, 11) is -1.60. The number of halogens is 1. The van der Waals surface area contributed by atoms with Gasteiger partial charge >= 0.3 is 5.97 Å². The summed E-state index contributed by atoms with van der Waals surface area (Å²) in [6.45, 7) is -0.141. The van der Waals surface area contributed by atoms with Gasteiger partial charge in [0.25, 0.3) is 0 Å². The highest BCUT2D eigenvalue weighted by Gasteiger charge is 2.24. The molecule has 0 aromatic heterocycles. The zero-order valence-corrected chi connectivity index (χ0v) is 10.1. The molecule has 2 atom stereocenters. The summed E-state index contributed by atoms with van der Waals surface area (Å²) < 4.78 is 12.6. The van der Waals surface area contributed by atoms with E-state index in [0.29, 0.717) is 4.90 Å². The molecule has 0 fully saturated rings. The number of aliphatic carboxylic acids is 1. The van der Waals surface area contributed by atoms with Gasteiger partial charge in [-0.1, -0.05) is 15.9 Å². The van der Waals surface area contributed by atoms with E-state index >= 15 is 0 Å². The molecule has 0 aliphatic carbocycles. The lowest BCUT2D eigenvalue weighted by molar-refractivity contribution is -0.136. The largest absolute Gasteiger partial charge is 0.480 e. The van der Waals surface area contributed by atoms with Crippen LogP contribution in [0.25, 0.3) is 0 Å². The molecule has 4 nitrogen and oxygen atoms in total. The van der Waals surface area contributed by atoms with E-state index in [9.17, 15) is 9.00 Å². The van der Waals surface area contributed by atoms with Crippen molar-refractivity contribution in [1.82, 2.24) is 0 Å². The van der Waals surface area contributed by atoms with Crippen LogP contribution < -0.4 is 5.73 Å². The van der Waals surface area contributed by atoms with Crippen molar-refractivity contribution in [3.63, 3.8) is 0 Å². The molecule has 0 spiro atoms. The zero-order valence-electron chi connectivity index (χ0n) is 7.72. The molecular weight excluding hydrogens is 282 g/mol. The zero-order chi connectivity index (χ0) is 11.4. The van der Waals surface area contributed by atoms with E-state index in [-0.39, 0.29) is 6.54 Å². The van der Waals surface area contributed by atoms with Gasteiger partial charge in [-0.25, -0.2) is 0 Å². The van der Waals surface area contributed by atoms with Crippen molar-refractivity contribution in [3.05, 3.63) is 28.7 Å². The Balaban J connectivity index is 2.93. The molecule has 0 aliphatic rings. The van der Waals surface area contributed by atoms with Crippen LogP contribution in [0.2, 0.25) is 0 Å². The second-order valence-electron chi connectivity index (χ2n) is 2.81. The van der Waals surface area contributed by atoms with Gasteiger partial charge in [0.05, 0.1) is 10.8 Å². The van der Waals surface area contributed by atoms with Crippen LogP contribution in [0.5, 0.6) is 0 Å². The van der Waals surface area contributed by atoms with Crippen molar-refractivity contribution in [2.24, 2.45) is 5.73 Å². The van der Waals surface area contributed by atoms with Crippen LogP contribution in [-0.2, 0) is 15.6 Å². The third-order valence-electron chi connectivity index (χ3n) is 1.79. The first-order valence-corrected chi connectivity index (χ1v) is 6.16. The van der Waals surface area contributed by atoms with E-state index in [0.717, 1.165) is 4.47 Å². The molecule has 6 heteroatoms. The summed E-state index contributed by atoms with van der Waals surface area (Å²) in [5.74, 6) is -1.14. The van der Waals surface area contributed by atoms with Crippen molar-refractivity contribution in [3.8, 4) is 0 Å². The van der Waals surface area contributed by atoms with Crippen molar-refractivity contribution in [2.75, 3.05) is 6.54 Å². The quantitative estimate of drug-likeness (QED) is 0.866. The summed E-state index contributed by atoms with van der Waals surface area (Å²) >= 11 is 3.24. The van der Waals surface area contributed by atoms with E-state index < -0.39 is 22.0 Å². The van der Waals surface area contributed by atoms with Crippen LogP contribution in [0.15, 0.2) is 33.6 Å². The average Bonchev–Trinajstić information content (AvgIpc) is 2.19. The number of hydrogen-bond acceptors (Lipinski definition) is 3. The summed E-state index contributed by atoms with van der Waals surface area (Å²) in [4.78, 5) is 11.2. The van der Waals surface area contributed by atoms with Crippen molar-refractivity contribution < 1.29 is 14.1 Å². The van der Waals surface area contributed by atoms with Crippen LogP contribution in [0.1, 0.15) is 0 Å². The standard InChI is InChI=1S/C9H10BrNO3S/c10-6-1-3-7(4-2-6)15(14)8(5-11)9(12)13/h1-4,8H,5,11H2,(H,12,13). The second-order valence-corrected chi connectivity index (χ2v) is 5.36. The molecule has 0 bridgehead atoms. The Bertz CT molecular complexity index is 379. The van der Waals surface area contributed by atoms with Gasteiger partial charge in [0.2, 0.25) is 0 Å². The maximum Gasteiger partial charge on any atom is 0.320 e. The minimum Gasteiger partial charge on any atom is -0.480 e. The molecule has 15 heavy (non-hydrogen) atoms. The fourth-order valence-corrected chi connectivity index (χ4v) is 2.37. The van der Waals surface area contributed by atoms with E-state index in [4.69, 9.17) is 10.8 Å². The Morgan fingerprint density at radius 2 is 2.00 bits per heavy atom. The first-order chi connectivity index (χ1) is 7.06. The third kappa shape index (κ3) is 3.12. The van der Waals surface area contributed by atoms with Crippen LogP contribution in [0, 0.1) is 0 Å². The lowest BCUT2D eigenvalue weighted by atomic mass is 10.4. The molecule has 0 heterocycles. The summed E-state index contributed by atoms with van der Waals surface area (Å²) in [6.07, 6.45) is 0.